The van der Waals surface area contributed by atoms with Gasteiger partial charge in [0.15, 0.2) is 9.84 Å². The molecule has 2 N–H and O–H groups in total. The minimum atomic E-state index is -3.37. The molecule has 0 spiro atoms. The van der Waals surface area contributed by atoms with E-state index in [1.165, 1.54) is 6.07 Å². The van der Waals surface area contributed by atoms with Crippen LogP contribution in [0.25, 0.3) is 0 Å². The van der Waals surface area contributed by atoms with Crippen LogP contribution in [0.2, 0.25) is 0 Å². The summed E-state index contributed by atoms with van der Waals surface area (Å²) in [5, 5.41) is 11.1. The molecule has 0 saturated heterocycles. The Hall–Kier alpha value is -1.89. The number of unbranched alkanes of at least 4 members (excludes halogenated alkanes) is 1. The minimum absolute atomic E-state index is 0.0681. The minimum Gasteiger partial charge on any atom is -0.481 e. The van der Waals surface area contributed by atoms with Gasteiger partial charge in [-0.25, -0.2) is 8.42 Å². The third kappa shape index (κ3) is 5.55. The number of aliphatic carboxylic acids is 1. The first-order chi connectivity index (χ1) is 9.71. The van der Waals surface area contributed by atoms with E-state index in [-0.39, 0.29) is 22.8 Å². The lowest BCUT2D eigenvalue weighted by Gasteiger charge is -2.08. The zero-order chi connectivity index (χ0) is 16.0. The lowest BCUT2D eigenvalue weighted by Crippen LogP contribution is -2.24. The zero-order valence-electron chi connectivity index (χ0n) is 12.0. The van der Waals surface area contributed by atoms with Gasteiger partial charge in [-0.2, -0.15) is 0 Å². The number of carbonyl (C=O) groups excluding carboxylic acids is 1. The van der Waals surface area contributed by atoms with Crippen molar-refractivity contribution in [3.63, 3.8) is 0 Å². The standard InChI is InChI=1S/C14H19NO5S/c1-10-6-7-11(9-12(10)21(2,19)20)14(18)15-8-4-3-5-13(16)17/h6-7,9H,3-5,8H2,1-2H3,(H,15,18)(H,16,17). The highest BCUT2D eigenvalue weighted by Crippen LogP contribution is 2.16. The predicted octanol–water partition coefficient (Wildman–Crippen LogP) is 1.38. The van der Waals surface area contributed by atoms with E-state index in [1.807, 2.05) is 0 Å². The average molecular weight is 313 g/mol. The van der Waals surface area contributed by atoms with E-state index < -0.39 is 15.8 Å². The Kier molecular flexibility index (Phi) is 5.90. The number of benzene rings is 1. The third-order valence-corrected chi connectivity index (χ3v) is 4.19. The van der Waals surface area contributed by atoms with Crippen LogP contribution in [-0.2, 0) is 14.6 Å². The molecule has 0 saturated carbocycles. The van der Waals surface area contributed by atoms with E-state index in [4.69, 9.17) is 5.11 Å². The number of hydrogen-bond donors (Lipinski definition) is 2. The number of carboxylic acid groups (broad SMARTS) is 1. The Morgan fingerprint density at radius 2 is 1.90 bits per heavy atom. The van der Waals surface area contributed by atoms with Crippen LogP contribution in [0.1, 0.15) is 35.2 Å². The van der Waals surface area contributed by atoms with Gasteiger partial charge in [0.25, 0.3) is 5.91 Å². The van der Waals surface area contributed by atoms with Crippen molar-refractivity contribution in [1.82, 2.24) is 5.32 Å². The molecule has 0 radical (unpaired) electrons. The maximum Gasteiger partial charge on any atom is 0.303 e. The molecule has 6 nitrogen and oxygen atoms in total. The summed E-state index contributed by atoms with van der Waals surface area (Å²) in [4.78, 5) is 22.4. The Labute approximate surface area is 124 Å². The molecule has 116 valence electrons. The van der Waals surface area contributed by atoms with Crippen molar-refractivity contribution in [3.05, 3.63) is 29.3 Å². The molecule has 1 aromatic carbocycles. The predicted molar refractivity (Wildman–Crippen MR) is 78.1 cm³/mol. The number of carbonyl (C=O) groups is 2. The van der Waals surface area contributed by atoms with E-state index >= 15 is 0 Å². The number of amides is 1. The average Bonchev–Trinajstić information content (AvgIpc) is 2.36. The lowest BCUT2D eigenvalue weighted by atomic mass is 10.1. The molecule has 0 aromatic heterocycles. The molecule has 0 aliphatic heterocycles. The van der Waals surface area contributed by atoms with Crippen LogP contribution in [0, 0.1) is 6.92 Å². The van der Waals surface area contributed by atoms with E-state index in [0.29, 0.717) is 24.9 Å². The van der Waals surface area contributed by atoms with Crippen molar-refractivity contribution in [2.24, 2.45) is 0 Å². The van der Waals surface area contributed by atoms with Gasteiger partial charge in [0.1, 0.15) is 0 Å². The van der Waals surface area contributed by atoms with Gasteiger partial charge in [-0.3, -0.25) is 9.59 Å². The topological polar surface area (TPSA) is 101 Å². The quantitative estimate of drug-likeness (QED) is 0.741. The fourth-order valence-electron chi connectivity index (χ4n) is 1.85. The van der Waals surface area contributed by atoms with Gasteiger partial charge < -0.3 is 10.4 Å². The number of carboxylic acids is 1. The molecule has 21 heavy (non-hydrogen) atoms. The monoisotopic (exact) mass is 313 g/mol. The molecule has 7 heteroatoms. The Morgan fingerprint density at radius 3 is 2.48 bits per heavy atom. The largest absolute Gasteiger partial charge is 0.481 e. The SMILES string of the molecule is Cc1ccc(C(=O)NCCCCC(=O)O)cc1S(C)(=O)=O. The van der Waals surface area contributed by atoms with Gasteiger partial charge in [-0.05, 0) is 37.5 Å². The van der Waals surface area contributed by atoms with E-state index in [0.717, 1.165) is 6.26 Å². The smallest absolute Gasteiger partial charge is 0.303 e. The van der Waals surface area contributed by atoms with Gasteiger partial charge in [-0.1, -0.05) is 6.07 Å². The fraction of sp³-hybridized carbons (Fsp3) is 0.429. The van der Waals surface area contributed by atoms with Gasteiger partial charge in [0, 0.05) is 24.8 Å². The van der Waals surface area contributed by atoms with Crippen LogP contribution in [0.4, 0.5) is 0 Å². The molecular weight excluding hydrogens is 294 g/mol. The maximum atomic E-state index is 11.9. The van der Waals surface area contributed by atoms with Crippen LogP contribution in [0.3, 0.4) is 0 Å². The number of rotatable bonds is 7. The summed E-state index contributed by atoms with van der Waals surface area (Å²) < 4.78 is 23.2. The molecule has 0 aliphatic carbocycles. The lowest BCUT2D eigenvalue weighted by molar-refractivity contribution is -0.137. The second-order valence-corrected chi connectivity index (χ2v) is 6.84. The molecule has 0 unspecified atom stereocenters. The molecular formula is C14H19NO5S. The zero-order valence-corrected chi connectivity index (χ0v) is 12.9. The molecule has 0 aliphatic rings. The summed E-state index contributed by atoms with van der Waals surface area (Å²) in [5.74, 6) is -1.23. The van der Waals surface area contributed by atoms with Crippen LogP contribution in [-0.4, -0.2) is 38.2 Å². The molecule has 1 rings (SSSR count). The van der Waals surface area contributed by atoms with Crippen molar-refractivity contribution < 1.29 is 23.1 Å². The summed E-state index contributed by atoms with van der Waals surface area (Å²) in [5.41, 5.74) is 0.870. The second-order valence-electron chi connectivity index (χ2n) is 4.86. The van der Waals surface area contributed by atoms with Crippen LogP contribution in [0.5, 0.6) is 0 Å². The van der Waals surface area contributed by atoms with E-state index in [1.54, 1.807) is 19.1 Å². The van der Waals surface area contributed by atoms with Crippen molar-refractivity contribution in [2.75, 3.05) is 12.8 Å². The highest BCUT2D eigenvalue weighted by molar-refractivity contribution is 7.90. The van der Waals surface area contributed by atoms with Gasteiger partial charge in [0.2, 0.25) is 0 Å². The van der Waals surface area contributed by atoms with Crippen molar-refractivity contribution in [3.8, 4) is 0 Å². The summed E-state index contributed by atoms with van der Waals surface area (Å²) in [6.07, 6.45) is 2.21. The molecule has 0 atom stereocenters. The van der Waals surface area contributed by atoms with Crippen LogP contribution in [0.15, 0.2) is 23.1 Å². The molecule has 0 bridgehead atoms. The second kappa shape index (κ2) is 7.21. The number of sulfone groups is 1. The normalized spacial score (nSPS) is 11.1. The van der Waals surface area contributed by atoms with Crippen molar-refractivity contribution in [1.29, 1.82) is 0 Å². The van der Waals surface area contributed by atoms with Gasteiger partial charge in [0.05, 0.1) is 4.90 Å². The van der Waals surface area contributed by atoms with E-state index in [2.05, 4.69) is 5.32 Å². The Morgan fingerprint density at radius 1 is 1.24 bits per heavy atom. The van der Waals surface area contributed by atoms with Crippen LogP contribution >= 0.6 is 0 Å². The number of nitrogens with one attached hydrogen (secondary N) is 1. The number of aryl methyl sites for hydroxylation is 1. The summed E-state index contributed by atoms with van der Waals surface area (Å²) in [7, 11) is -3.37. The molecule has 1 aromatic rings. The van der Waals surface area contributed by atoms with Crippen molar-refractivity contribution >= 4 is 21.7 Å². The summed E-state index contributed by atoms with van der Waals surface area (Å²) in [6, 6.07) is 4.52. The number of hydrogen-bond acceptors (Lipinski definition) is 4. The van der Waals surface area contributed by atoms with E-state index in [9.17, 15) is 18.0 Å². The Balaban J connectivity index is 2.65. The van der Waals surface area contributed by atoms with Crippen LogP contribution < -0.4 is 5.32 Å². The molecule has 1 amide bonds. The third-order valence-electron chi connectivity index (χ3n) is 2.95. The van der Waals surface area contributed by atoms with Gasteiger partial charge in [-0.15, -0.1) is 0 Å². The van der Waals surface area contributed by atoms with Crippen molar-refractivity contribution in [2.45, 2.75) is 31.1 Å². The first-order valence-electron chi connectivity index (χ1n) is 6.52. The first kappa shape index (κ1) is 17.2. The first-order valence-corrected chi connectivity index (χ1v) is 8.41. The van der Waals surface area contributed by atoms with Gasteiger partial charge >= 0.3 is 5.97 Å². The highest BCUT2D eigenvalue weighted by atomic mass is 32.2. The summed E-state index contributed by atoms with van der Waals surface area (Å²) in [6.45, 7) is 2.03. The fourth-order valence-corrected chi connectivity index (χ4v) is 2.84. The Bertz CT molecular complexity index is 637. The highest BCUT2D eigenvalue weighted by Gasteiger charge is 2.14. The molecule has 0 fully saturated rings. The maximum absolute atomic E-state index is 11.9. The molecule has 0 heterocycles. The summed E-state index contributed by atoms with van der Waals surface area (Å²) >= 11 is 0.